The fourth-order valence-corrected chi connectivity index (χ4v) is 3.16. The maximum absolute atomic E-state index is 11.8. The summed E-state index contributed by atoms with van der Waals surface area (Å²) in [4.78, 5) is 16.1. The smallest absolute Gasteiger partial charge is 0.287 e. The van der Waals surface area contributed by atoms with Gasteiger partial charge >= 0.3 is 0 Å². The van der Waals surface area contributed by atoms with Gasteiger partial charge in [-0.3, -0.25) is 9.79 Å². The Labute approximate surface area is 193 Å². The average molecular weight is 528 g/mol. The lowest BCUT2D eigenvalue weighted by Crippen LogP contribution is -2.41. The van der Waals surface area contributed by atoms with E-state index in [-0.39, 0.29) is 36.0 Å². The van der Waals surface area contributed by atoms with E-state index in [1.54, 1.807) is 19.2 Å². The summed E-state index contributed by atoms with van der Waals surface area (Å²) in [5, 5.41) is 9.23. The first-order chi connectivity index (χ1) is 14.1. The Balaban J connectivity index is 0.00000320. The van der Waals surface area contributed by atoms with Gasteiger partial charge in [0, 0.05) is 44.2 Å². The van der Waals surface area contributed by atoms with E-state index in [1.165, 1.54) is 11.8 Å². The van der Waals surface area contributed by atoms with Crippen LogP contribution in [0.5, 0.6) is 11.5 Å². The largest absolute Gasteiger partial charge is 0.494 e. The quantitative estimate of drug-likeness (QED) is 0.211. The second-order valence-corrected chi connectivity index (χ2v) is 6.72. The Hall–Kier alpha value is -2.43. The molecule has 164 valence electrons. The number of aliphatic imine (C=N–C) groups is 1. The fourth-order valence-electron chi connectivity index (χ4n) is 3.16. The Morgan fingerprint density at radius 3 is 2.77 bits per heavy atom. The lowest BCUT2D eigenvalue weighted by atomic mass is 10.1. The number of nitrogens with zero attached hydrogens (tertiary/aromatic N) is 1. The maximum atomic E-state index is 11.8. The van der Waals surface area contributed by atoms with Crippen molar-refractivity contribution in [2.45, 2.75) is 32.9 Å². The van der Waals surface area contributed by atoms with Crippen molar-refractivity contribution in [2.24, 2.45) is 4.99 Å². The maximum Gasteiger partial charge on any atom is 0.287 e. The third-order valence-electron chi connectivity index (χ3n) is 4.50. The normalized spacial score (nSPS) is 14.9. The summed E-state index contributed by atoms with van der Waals surface area (Å²) in [5.74, 6) is 2.46. The van der Waals surface area contributed by atoms with Crippen molar-refractivity contribution in [1.29, 1.82) is 0 Å². The number of hydrogen-bond acceptors (Lipinski definition) is 5. The minimum Gasteiger partial charge on any atom is -0.494 e. The fraction of sp³-hybridized carbons (Fsp3) is 0.429. The zero-order valence-electron chi connectivity index (χ0n) is 17.5. The van der Waals surface area contributed by atoms with Gasteiger partial charge in [-0.2, -0.15) is 0 Å². The highest BCUT2D eigenvalue weighted by Gasteiger charge is 2.21. The molecule has 1 aromatic carbocycles. The number of fused-ring (bicyclic) bond motifs is 1. The molecule has 1 aliphatic rings. The molecule has 1 aromatic heterocycles. The van der Waals surface area contributed by atoms with Gasteiger partial charge in [-0.25, -0.2) is 0 Å². The summed E-state index contributed by atoms with van der Waals surface area (Å²) < 4.78 is 16.7. The van der Waals surface area contributed by atoms with Crippen molar-refractivity contribution in [3.8, 4) is 11.5 Å². The van der Waals surface area contributed by atoms with Crippen LogP contribution in [0.25, 0.3) is 0 Å². The molecule has 30 heavy (non-hydrogen) atoms. The van der Waals surface area contributed by atoms with Crippen molar-refractivity contribution in [3.05, 3.63) is 47.4 Å². The Morgan fingerprint density at radius 1 is 1.27 bits per heavy atom. The molecule has 0 saturated carbocycles. The van der Waals surface area contributed by atoms with E-state index >= 15 is 0 Å². The van der Waals surface area contributed by atoms with Crippen molar-refractivity contribution in [2.75, 3.05) is 26.7 Å². The van der Waals surface area contributed by atoms with E-state index < -0.39 is 0 Å². The van der Waals surface area contributed by atoms with Crippen molar-refractivity contribution in [1.82, 2.24) is 16.0 Å². The standard InChI is InChI=1S/C21H28N4O4.HI/c1-4-27-18-11-15-10-14(2)29-19(15)12-16(18)13-25-21(22-3)24-8-7-23-20(26)17-6-5-9-28-17;/h5-6,9,11-12,14H,4,7-8,10,13H2,1-3H3,(H,23,26)(H2,22,24,25);1H. The number of carbonyl (C=O) groups is 1. The highest BCUT2D eigenvalue weighted by Crippen LogP contribution is 2.35. The molecule has 0 saturated heterocycles. The third-order valence-corrected chi connectivity index (χ3v) is 4.50. The summed E-state index contributed by atoms with van der Waals surface area (Å²) in [5.41, 5.74) is 2.19. The van der Waals surface area contributed by atoms with Crippen LogP contribution in [0.2, 0.25) is 0 Å². The molecular weight excluding hydrogens is 499 g/mol. The van der Waals surface area contributed by atoms with Gasteiger partial charge in [-0.1, -0.05) is 0 Å². The van der Waals surface area contributed by atoms with Gasteiger partial charge in [0.2, 0.25) is 0 Å². The first-order valence-corrected chi connectivity index (χ1v) is 9.82. The van der Waals surface area contributed by atoms with E-state index in [4.69, 9.17) is 13.9 Å². The van der Waals surface area contributed by atoms with Gasteiger partial charge < -0.3 is 29.8 Å². The molecule has 1 unspecified atom stereocenters. The lowest BCUT2D eigenvalue weighted by molar-refractivity contribution is 0.0926. The number of carbonyl (C=O) groups excluding carboxylic acids is 1. The molecule has 1 aliphatic heterocycles. The summed E-state index contributed by atoms with van der Waals surface area (Å²) in [6.07, 6.45) is 2.56. The van der Waals surface area contributed by atoms with Gasteiger partial charge in [0.1, 0.15) is 17.6 Å². The molecule has 2 heterocycles. The van der Waals surface area contributed by atoms with Crippen LogP contribution in [0, 0.1) is 0 Å². The minimum absolute atomic E-state index is 0. The molecule has 0 bridgehead atoms. The Morgan fingerprint density at radius 2 is 2.07 bits per heavy atom. The van der Waals surface area contributed by atoms with Gasteiger partial charge in [0.05, 0.1) is 12.9 Å². The summed E-state index contributed by atoms with van der Waals surface area (Å²) >= 11 is 0. The van der Waals surface area contributed by atoms with Crippen LogP contribution < -0.4 is 25.4 Å². The number of guanidine groups is 1. The van der Waals surface area contributed by atoms with Crippen LogP contribution in [0.15, 0.2) is 39.9 Å². The van der Waals surface area contributed by atoms with E-state index in [2.05, 4.69) is 33.9 Å². The topological polar surface area (TPSA) is 97.1 Å². The van der Waals surface area contributed by atoms with Gasteiger partial charge in [0.25, 0.3) is 5.91 Å². The number of amides is 1. The van der Waals surface area contributed by atoms with E-state index in [0.29, 0.717) is 38.0 Å². The predicted molar refractivity (Wildman–Crippen MR) is 126 cm³/mol. The number of benzene rings is 1. The number of rotatable bonds is 8. The molecule has 0 spiro atoms. The van der Waals surface area contributed by atoms with Crippen molar-refractivity contribution < 1.29 is 18.7 Å². The minimum atomic E-state index is -0.242. The third kappa shape index (κ3) is 6.28. The highest BCUT2D eigenvalue weighted by molar-refractivity contribution is 14.0. The molecule has 1 amide bonds. The summed E-state index contributed by atoms with van der Waals surface area (Å²) in [6.45, 7) is 6.14. The lowest BCUT2D eigenvalue weighted by Gasteiger charge is -2.16. The van der Waals surface area contributed by atoms with E-state index in [9.17, 15) is 4.79 Å². The van der Waals surface area contributed by atoms with Crippen LogP contribution in [-0.2, 0) is 13.0 Å². The monoisotopic (exact) mass is 528 g/mol. The van der Waals surface area contributed by atoms with Crippen LogP contribution in [0.1, 0.15) is 35.5 Å². The average Bonchev–Trinajstić information content (AvgIpc) is 3.36. The molecule has 0 aliphatic carbocycles. The number of furan rings is 1. The Kier molecular flexibility index (Phi) is 9.28. The molecule has 8 nitrogen and oxygen atoms in total. The first kappa shape index (κ1) is 23.8. The van der Waals surface area contributed by atoms with Crippen LogP contribution in [0.4, 0.5) is 0 Å². The second-order valence-electron chi connectivity index (χ2n) is 6.72. The van der Waals surface area contributed by atoms with Crippen LogP contribution >= 0.6 is 24.0 Å². The van der Waals surface area contributed by atoms with E-state index in [0.717, 1.165) is 23.5 Å². The molecule has 0 fully saturated rings. The van der Waals surface area contributed by atoms with Crippen LogP contribution in [-0.4, -0.2) is 44.7 Å². The second kappa shape index (κ2) is 11.7. The van der Waals surface area contributed by atoms with Gasteiger partial charge in [-0.15, -0.1) is 24.0 Å². The SMILES string of the molecule is CCOc1cc2c(cc1CNC(=NC)NCCNC(=O)c1ccco1)OC(C)C2.I. The highest BCUT2D eigenvalue weighted by atomic mass is 127. The van der Waals surface area contributed by atoms with Crippen molar-refractivity contribution >= 4 is 35.8 Å². The summed E-state index contributed by atoms with van der Waals surface area (Å²) in [7, 11) is 1.70. The summed E-state index contributed by atoms with van der Waals surface area (Å²) in [6, 6.07) is 7.41. The van der Waals surface area contributed by atoms with Crippen molar-refractivity contribution in [3.63, 3.8) is 0 Å². The number of hydrogen-bond donors (Lipinski definition) is 3. The zero-order chi connectivity index (χ0) is 20.6. The molecule has 0 radical (unpaired) electrons. The van der Waals surface area contributed by atoms with E-state index in [1.807, 2.05) is 13.0 Å². The zero-order valence-corrected chi connectivity index (χ0v) is 19.8. The molecule has 3 rings (SSSR count). The number of nitrogens with one attached hydrogen (secondary N) is 3. The number of ether oxygens (including phenoxy) is 2. The predicted octanol–water partition coefficient (Wildman–Crippen LogP) is 2.71. The first-order valence-electron chi connectivity index (χ1n) is 9.82. The molecule has 3 N–H and O–H groups in total. The van der Waals surface area contributed by atoms with Gasteiger partial charge in [0.15, 0.2) is 11.7 Å². The number of halogens is 1. The van der Waals surface area contributed by atoms with Crippen LogP contribution in [0.3, 0.4) is 0 Å². The molecule has 2 aromatic rings. The molecular formula is C21H29IN4O4. The Bertz CT molecular complexity index is 855. The molecule has 1 atom stereocenters. The van der Waals surface area contributed by atoms with Gasteiger partial charge in [-0.05, 0) is 38.1 Å². The molecule has 9 heteroatoms.